The van der Waals surface area contributed by atoms with Crippen LogP contribution in [0.2, 0.25) is 0 Å². The summed E-state index contributed by atoms with van der Waals surface area (Å²) in [5, 5.41) is 0. The van der Waals surface area contributed by atoms with Crippen molar-refractivity contribution in [1.82, 2.24) is 0 Å². The zero-order valence-corrected chi connectivity index (χ0v) is 11.0. The molecule has 0 fully saturated rings. The van der Waals surface area contributed by atoms with Crippen molar-refractivity contribution in [3.05, 3.63) is 29.3 Å². The summed E-state index contributed by atoms with van der Waals surface area (Å²) < 4.78 is 5.73. The molecule has 0 aromatic heterocycles. The molecule has 1 aromatic rings. The van der Waals surface area contributed by atoms with Crippen LogP contribution in [0.25, 0.3) is 0 Å². The van der Waals surface area contributed by atoms with Gasteiger partial charge in [0.15, 0.2) is 0 Å². The van der Waals surface area contributed by atoms with Crippen molar-refractivity contribution in [2.75, 3.05) is 6.61 Å². The Morgan fingerprint density at radius 1 is 1.25 bits per heavy atom. The Hall–Kier alpha value is -0.980. The number of hydrogen-bond acceptors (Lipinski definition) is 1. The van der Waals surface area contributed by atoms with Gasteiger partial charge in [-0.2, -0.15) is 0 Å². The molecule has 0 aliphatic heterocycles. The van der Waals surface area contributed by atoms with Crippen LogP contribution < -0.4 is 4.74 Å². The summed E-state index contributed by atoms with van der Waals surface area (Å²) in [6.07, 6.45) is 3.68. The second-order valence-electron chi connectivity index (χ2n) is 4.78. The van der Waals surface area contributed by atoms with E-state index < -0.39 is 0 Å². The number of ether oxygens (including phenoxy) is 1. The fourth-order valence-corrected chi connectivity index (χ4v) is 1.96. The molecular formula is C15H24O. The minimum absolute atomic E-state index is 0.752. The molecule has 0 radical (unpaired) electrons. The summed E-state index contributed by atoms with van der Waals surface area (Å²) in [5.41, 5.74) is 2.62. The lowest BCUT2D eigenvalue weighted by molar-refractivity contribution is 0.333. The first kappa shape index (κ1) is 13.1. The van der Waals surface area contributed by atoms with E-state index in [1.807, 2.05) is 6.92 Å². The van der Waals surface area contributed by atoms with Crippen molar-refractivity contribution in [2.45, 2.75) is 47.0 Å². The highest BCUT2D eigenvalue weighted by atomic mass is 16.5. The third-order valence-electron chi connectivity index (χ3n) is 2.81. The van der Waals surface area contributed by atoms with E-state index in [-0.39, 0.29) is 0 Å². The molecular weight excluding hydrogens is 196 g/mol. The van der Waals surface area contributed by atoms with Gasteiger partial charge >= 0.3 is 0 Å². The molecule has 1 heteroatoms. The molecule has 0 spiro atoms. The summed E-state index contributed by atoms with van der Waals surface area (Å²) in [4.78, 5) is 0. The molecule has 0 saturated heterocycles. The molecule has 0 amide bonds. The average molecular weight is 220 g/mol. The molecule has 0 saturated carbocycles. The lowest BCUT2D eigenvalue weighted by Crippen LogP contribution is -2.00. The van der Waals surface area contributed by atoms with E-state index in [1.54, 1.807) is 0 Å². The quantitative estimate of drug-likeness (QED) is 0.691. The Kier molecular flexibility index (Phi) is 5.37. The second-order valence-corrected chi connectivity index (χ2v) is 4.78. The van der Waals surface area contributed by atoms with Gasteiger partial charge in [-0.05, 0) is 43.7 Å². The maximum Gasteiger partial charge on any atom is 0.125 e. The van der Waals surface area contributed by atoms with Crippen LogP contribution in [0.3, 0.4) is 0 Å². The molecule has 1 aromatic carbocycles. The fraction of sp³-hybridized carbons (Fsp3) is 0.600. The summed E-state index contributed by atoms with van der Waals surface area (Å²) in [6.45, 7) is 9.47. The van der Waals surface area contributed by atoms with E-state index in [9.17, 15) is 0 Å². The van der Waals surface area contributed by atoms with E-state index in [2.05, 4.69) is 39.0 Å². The van der Waals surface area contributed by atoms with Gasteiger partial charge in [0.25, 0.3) is 0 Å². The summed E-state index contributed by atoms with van der Waals surface area (Å²) in [6, 6.07) is 6.44. The van der Waals surface area contributed by atoms with Gasteiger partial charge in [-0.25, -0.2) is 0 Å². The normalized spacial score (nSPS) is 10.8. The fourth-order valence-electron chi connectivity index (χ4n) is 1.96. The lowest BCUT2D eigenvalue weighted by atomic mass is 10.0. The Morgan fingerprint density at radius 3 is 2.62 bits per heavy atom. The van der Waals surface area contributed by atoms with Crippen molar-refractivity contribution in [3.8, 4) is 5.75 Å². The van der Waals surface area contributed by atoms with Crippen LogP contribution in [0.4, 0.5) is 0 Å². The maximum atomic E-state index is 5.73. The molecule has 0 unspecified atom stereocenters. The number of hydrogen-bond donors (Lipinski definition) is 0. The highest BCUT2D eigenvalue weighted by Crippen LogP contribution is 2.25. The van der Waals surface area contributed by atoms with E-state index >= 15 is 0 Å². The topological polar surface area (TPSA) is 9.23 Å². The highest BCUT2D eigenvalue weighted by Gasteiger charge is 2.06. The van der Waals surface area contributed by atoms with Crippen LogP contribution in [0.15, 0.2) is 18.2 Å². The average Bonchev–Trinajstić information content (AvgIpc) is 2.22. The smallest absolute Gasteiger partial charge is 0.125 e. The van der Waals surface area contributed by atoms with E-state index in [4.69, 9.17) is 4.74 Å². The van der Waals surface area contributed by atoms with Gasteiger partial charge in [0.1, 0.15) is 5.75 Å². The molecule has 0 N–H and O–H groups in total. The van der Waals surface area contributed by atoms with Crippen molar-refractivity contribution in [3.63, 3.8) is 0 Å². The van der Waals surface area contributed by atoms with Crippen LogP contribution in [0.1, 0.15) is 44.7 Å². The van der Waals surface area contributed by atoms with Crippen LogP contribution in [0.5, 0.6) is 5.75 Å². The standard InChI is InChI=1S/C15H24O/c1-5-16-15-13(4)9-7-11-14(15)10-6-8-12(2)3/h7,9,11-12H,5-6,8,10H2,1-4H3. The zero-order valence-electron chi connectivity index (χ0n) is 11.0. The van der Waals surface area contributed by atoms with Crippen LogP contribution >= 0.6 is 0 Å². The van der Waals surface area contributed by atoms with Gasteiger partial charge in [-0.15, -0.1) is 0 Å². The third kappa shape index (κ3) is 3.88. The Labute approximate surface area is 99.8 Å². The van der Waals surface area contributed by atoms with E-state index in [0.29, 0.717) is 0 Å². The van der Waals surface area contributed by atoms with E-state index in [0.717, 1.165) is 24.7 Å². The molecule has 0 atom stereocenters. The Bertz CT molecular complexity index is 315. The molecule has 1 rings (SSSR count). The van der Waals surface area contributed by atoms with Gasteiger partial charge in [-0.3, -0.25) is 0 Å². The van der Waals surface area contributed by atoms with Crippen molar-refractivity contribution < 1.29 is 4.74 Å². The van der Waals surface area contributed by atoms with Crippen LogP contribution in [-0.2, 0) is 6.42 Å². The minimum atomic E-state index is 0.752. The van der Waals surface area contributed by atoms with Crippen molar-refractivity contribution >= 4 is 0 Å². The number of rotatable bonds is 6. The van der Waals surface area contributed by atoms with Gasteiger partial charge in [0.2, 0.25) is 0 Å². The second kappa shape index (κ2) is 6.57. The van der Waals surface area contributed by atoms with Gasteiger partial charge in [0.05, 0.1) is 6.61 Å². The highest BCUT2D eigenvalue weighted by molar-refractivity contribution is 5.40. The van der Waals surface area contributed by atoms with Crippen LogP contribution in [0, 0.1) is 12.8 Å². The first-order chi connectivity index (χ1) is 7.65. The maximum absolute atomic E-state index is 5.73. The molecule has 0 bridgehead atoms. The largest absolute Gasteiger partial charge is 0.493 e. The summed E-state index contributed by atoms with van der Waals surface area (Å²) in [5.74, 6) is 1.90. The minimum Gasteiger partial charge on any atom is -0.493 e. The summed E-state index contributed by atoms with van der Waals surface area (Å²) in [7, 11) is 0. The van der Waals surface area contributed by atoms with Crippen molar-refractivity contribution in [2.24, 2.45) is 5.92 Å². The molecule has 90 valence electrons. The molecule has 0 heterocycles. The van der Waals surface area contributed by atoms with Crippen molar-refractivity contribution in [1.29, 1.82) is 0 Å². The van der Waals surface area contributed by atoms with Crippen LogP contribution in [-0.4, -0.2) is 6.61 Å². The number of benzene rings is 1. The third-order valence-corrected chi connectivity index (χ3v) is 2.81. The zero-order chi connectivity index (χ0) is 12.0. The number of aryl methyl sites for hydroxylation is 2. The van der Waals surface area contributed by atoms with Gasteiger partial charge < -0.3 is 4.74 Å². The van der Waals surface area contributed by atoms with Gasteiger partial charge in [0, 0.05) is 0 Å². The molecule has 16 heavy (non-hydrogen) atoms. The molecule has 1 nitrogen and oxygen atoms in total. The van der Waals surface area contributed by atoms with Gasteiger partial charge in [-0.1, -0.05) is 38.5 Å². The Morgan fingerprint density at radius 2 is 2.00 bits per heavy atom. The monoisotopic (exact) mass is 220 g/mol. The first-order valence-corrected chi connectivity index (χ1v) is 6.36. The number of para-hydroxylation sites is 1. The lowest BCUT2D eigenvalue weighted by Gasteiger charge is -2.13. The SMILES string of the molecule is CCOc1c(C)cccc1CCCC(C)C. The van der Waals surface area contributed by atoms with E-state index in [1.165, 1.54) is 24.0 Å². The first-order valence-electron chi connectivity index (χ1n) is 6.36. The Balaban J connectivity index is 2.66. The summed E-state index contributed by atoms with van der Waals surface area (Å²) >= 11 is 0. The predicted octanol–water partition coefficient (Wildman–Crippen LogP) is 4.37. The molecule has 0 aliphatic carbocycles. The predicted molar refractivity (Wildman–Crippen MR) is 70.1 cm³/mol. The molecule has 0 aliphatic rings.